The normalized spacial score (nSPS) is 22.2. The largest absolute Gasteiger partial charge is 0.456 e. The van der Waals surface area contributed by atoms with Crippen molar-refractivity contribution >= 4 is 23.2 Å². The summed E-state index contributed by atoms with van der Waals surface area (Å²) in [4.78, 5) is 31.8. The average Bonchev–Trinajstić information content (AvgIpc) is 3.12. The fourth-order valence-electron chi connectivity index (χ4n) is 3.07. The van der Waals surface area contributed by atoms with Crippen LogP contribution in [0.1, 0.15) is 42.5 Å². The van der Waals surface area contributed by atoms with E-state index in [9.17, 15) is 9.59 Å². The van der Waals surface area contributed by atoms with Gasteiger partial charge >= 0.3 is 5.97 Å². The van der Waals surface area contributed by atoms with E-state index in [1.807, 2.05) is 42.6 Å². The Hall–Kier alpha value is -2.21. The van der Waals surface area contributed by atoms with Crippen molar-refractivity contribution in [2.75, 3.05) is 7.05 Å². The van der Waals surface area contributed by atoms with Crippen LogP contribution in [0.15, 0.2) is 41.9 Å². The summed E-state index contributed by atoms with van der Waals surface area (Å²) < 4.78 is 5.65. The summed E-state index contributed by atoms with van der Waals surface area (Å²) in [5.74, 6) is -0.557. The Bertz CT molecular complexity index is 702. The molecule has 0 saturated carbocycles. The molecule has 5 nitrogen and oxygen atoms in total. The van der Waals surface area contributed by atoms with Gasteiger partial charge in [-0.15, -0.1) is 11.3 Å². The molecule has 2 aromatic heterocycles. The number of aromatic nitrogens is 1. The lowest BCUT2D eigenvalue weighted by Crippen LogP contribution is -2.43. The SMILES string of the molecule is C[C@H](OC(=O)[C@H]1CCC(=O)N(C)[C@@H]1c1cccs1)c1ccccn1. The standard InChI is InChI=1S/C18H20N2O3S/c1-12(14-6-3-4-10-19-14)23-18(22)13-8-9-16(21)20(2)17(13)15-7-5-11-24-15/h3-7,10-13,17H,8-9H2,1-2H3/t12-,13-,17-/m0/s1. The fourth-order valence-corrected chi connectivity index (χ4v) is 4.01. The molecule has 0 spiro atoms. The van der Waals surface area contributed by atoms with Crippen molar-refractivity contribution in [1.82, 2.24) is 9.88 Å². The van der Waals surface area contributed by atoms with Crippen LogP contribution in [-0.4, -0.2) is 28.8 Å². The molecule has 3 atom stereocenters. The van der Waals surface area contributed by atoms with Gasteiger partial charge in [-0.25, -0.2) is 0 Å². The summed E-state index contributed by atoms with van der Waals surface area (Å²) in [6.07, 6.45) is 2.15. The van der Waals surface area contributed by atoms with Crippen LogP contribution in [0.25, 0.3) is 0 Å². The minimum absolute atomic E-state index is 0.0650. The van der Waals surface area contributed by atoms with Gasteiger partial charge in [0.2, 0.25) is 5.91 Å². The molecule has 1 fully saturated rings. The van der Waals surface area contributed by atoms with Gasteiger partial charge in [0.05, 0.1) is 17.7 Å². The van der Waals surface area contributed by atoms with Crippen molar-refractivity contribution in [3.8, 4) is 0 Å². The summed E-state index contributed by atoms with van der Waals surface area (Å²) in [5.41, 5.74) is 0.721. The molecule has 0 radical (unpaired) electrons. The third kappa shape index (κ3) is 3.33. The molecule has 1 amide bonds. The molecule has 1 saturated heterocycles. The summed E-state index contributed by atoms with van der Waals surface area (Å²) in [6.45, 7) is 1.82. The lowest BCUT2D eigenvalue weighted by atomic mass is 9.88. The van der Waals surface area contributed by atoms with Crippen molar-refractivity contribution in [1.29, 1.82) is 0 Å². The van der Waals surface area contributed by atoms with Crippen LogP contribution < -0.4 is 0 Å². The molecule has 0 aliphatic carbocycles. The molecular formula is C18H20N2O3S. The number of amides is 1. The maximum Gasteiger partial charge on any atom is 0.312 e. The minimum atomic E-state index is -0.411. The first-order valence-corrected chi connectivity index (χ1v) is 8.86. The Morgan fingerprint density at radius 1 is 1.38 bits per heavy atom. The Kier molecular flexibility index (Phi) is 4.94. The van der Waals surface area contributed by atoms with E-state index in [4.69, 9.17) is 4.74 Å². The second-order valence-corrected chi connectivity index (χ2v) is 6.92. The molecule has 1 aliphatic rings. The van der Waals surface area contributed by atoms with Crippen molar-refractivity contribution < 1.29 is 14.3 Å². The Labute approximate surface area is 145 Å². The van der Waals surface area contributed by atoms with Crippen LogP contribution in [0.5, 0.6) is 0 Å². The number of ether oxygens (including phenoxy) is 1. The van der Waals surface area contributed by atoms with Crippen molar-refractivity contribution in [3.05, 3.63) is 52.5 Å². The van der Waals surface area contributed by atoms with Gasteiger partial charge in [-0.1, -0.05) is 12.1 Å². The van der Waals surface area contributed by atoms with E-state index in [0.29, 0.717) is 12.8 Å². The van der Waals surface area contributed by atoms with E-state index in [-0.39, 0.29) is 23.8 Å². The van der Waals surface area contributed by atoms with Gasteiger partial charge in [0, 0.05) is 24.5 Å². The maximum absolute atomic E-state index is 12.8. The van der Waals surface area contributed by atoms with Crippen molar-refractivity contribution in [3.63, 3.8) is 0 Å². The predicted octanol–water partition coefficient (Wildman–Crippen LogP) is 3.36. The predicted molar refractivity (Wildman–Crippen MR) is 91.3 cm³/mol. The number of rotatable bonds is 4. The summed E-state index contributed by atoms with van der Waals surface area (Å²) in [7, 11) is 1.76. The molecule has 3 heterocycles. The lowest BCUT2D eigenvalue weighted by Gasteiger charge is -2.37. The van der Waals surface area contributed by atoms with Crippen LogP contribution in [0.4, 0.5) is 0 Å². The molecule has 2 aromatic rings. The molecule has 126 valence electrons. The Morgan fingerprint density at radius 3 is 2.88 bits per heavy atom. The van der Waals surface area contributed by atoms with Gasteiger partial charge in [0.1, 0.15) is 6.10 Å². The molecule has 3 rings (SSSR count). The summed E-state index contributed by atoms with van der Waals surface area (Å²) in [6, 6.07) is 9.18. The first-order valence-electron chi connectivity index (χ1n) is 7.98. The number of thiophene rings is 1. The zero-order chi connectivity index (χ0) is 17.1. The quantitative estimate of drug-likeness (QED) is 0.798. The first kappa shape index (κ1) is 16.6. The average molecular weight is 344 g/mol. The van der Waals surface area contributed by atoms with Gasteiger partial charge in [-0.2, -0.15) is 0 Å². The third-order valence-corrected chi connectivity index (χ3v) is 5.34. The molecule has 0 N–H and O–H groups in total. The molecule has 0 bridgehead atoms. The van der Waals surface area contributed by atoms with Crippen LogP contribution in [0.2, 0.25) is 0 Å². The number of esters is 1. The van der Waals surface area contributed by atoms with E-state index in [1.165, 1.54) is 0 Å². The van der Waals surface area contributed by atoms with Gasteiger partial charge in [0.25, 0.3) is 0 Å². The van der Waals surface area contributed by atoms with Crippen LogP contribution in [0, 0.1) is 5.92 Å². The van der Waals surface area contributed by atoms with Gasteiger partial charge < -0.3 is 9.64 Å². The number of likely N-dealkylation sites (tertiary alicyclic amines) is 1. The summed E-state index contributed by atoms with van der Waals surface area (Å²) in [5, 5.41) is 1.96. The van der Waals surface area contributed by atoms with E-state index in [2.05, 4.69) is 4.98 Å². The number of nitrogens with zero attached hydrogens (tertiary/aromatic N) is 2. The first-order chi connectivity index (χ1) is 11.6. The minimum Gasteiger partial charge on any atom is -0.456 e. The topological polar surface area (TPSA) is 59.5 Å². The van der Waals surface area contributed by atoms with Crippen molar-refractivity contribution in [2.45, 2.75) is 31.9 Å². The third-order valence-electron chi connectivity index (χ3n) is 4.40. The number of piperidine rings is 1. The van der Waals surface area contributed by atoms with Crippen molar-refractivity contribution in [2.24, 2.45) is 5.92 Å². The lowest BCUT2D eigenvalue weighted by molar-refractivity contribution is -0.160. The highest BCUT2D eigenvalue weighted by molar-refractivity contribution is 7.10. The molecule has 1 aliphatic heterocycles. The van der Waals surface area contributed by atoms with Crippen LogP contribution in [-0.2, 0) is 14.3 Å². The number of carbonyl (C=O) groups excluding carboxylic acids is 2. The smallest absolute Gasteiger partial charge is 0.312 e. The van der Waals surface area contributed by atoms with E-state index >= 15 is 0 Å². The monoisotopic (exact) mass is 344 g/mol. The Morgan fingerprint density at radius 2 is 2.21 bits per heavy atom. The Balaban J connectivity index is 1.78. The number of carbonyl (C=O) groups is 2. The maximum atomic E-state index is 12.8. The van der Waals surface area contributed by atoms with Crippen LogP contribution >= 0.6 is 11.3 Å². The number of hydrogen-bond acceptors (Lipinski definition) is 5. The second-order valence-electron chi connectivity index (χ2n) is 5.94. The van der Waals surface area contributed by atoms with Crippen LogP contribution in [0.3, 0.4) is 0 Å². The number of pyridine rings is 1. The molecule has 0 unspecified atom stereocenters. The molecule has 0 aromatic carbocycles. The molecule has 24 heavy (non-hydrogen) atoms. The second kappa shape index (κ2) is 7.13. The van der Waals surface area contributed by atoms with Gasteiger partial charge in [-0.3, -0.25) is 14.6 Å². The zero-order valence-corrected chi connectivity index (χ0v) is 14.5. The van der Waals surface area contributed by atoms with Gasteiger partial charge in [-0.05, 0) is 36.9 Å². The van der Waals surface area contributed by atoms with E-state index in [1.54, 1.807) is 29.5 Å². The van der Waals surface area contributed by atoms with E-state index in [0.717, 1.165) is 10.6 Å². The molecular weight excluding hydrogens is 324 g/mol. The fraction of sp³-hybridized carbons (Fsp3) is 0.389. The van der Waals surface area contributed by atoms with E-state index < -0.39 is 6.10 Å². The highest BCUT2D eigenvalue weighted by Gasteiger charge is 2.40. The molecule has 6 heteroatoms. The van der Waals surface area contributed by atoms with Gasteiger partial charge in [0.15, 0.2) is 0 Å². The zero-order valence-electron chi connectivity index (χ0n) is 13.7. The highest BCUT2D eigenvalue weighted by atomic mass is 32.1. The highest BCUT2D eigenvalue weighted by Crippen LogP contribution is 2.39. The summed E-state index contributed by atoms with van der Waals surface area (Å²) >= 11 is 1.56. The number of hydrogen-bond donors (Lipinski definition) is 0.